The highest BCUT2D eigenvalue weighted by molar-refractivity contribution is 7.92. The Morgan fingerprint density at radius 3 is 2.46 bits per heavy atom. The van der Waals surface area contributed by atoms with Gasteiger partial charge in [0, 0.05) is 19.2 Å². The van der Waals surface area contributed by atoms with Gasteiger partial charge >= 0.3 is 6.18 Å². The number of likely N-dealkylation sites (N-methyl/N-ethyl adjacent to an activating group) is 1. The van der Waals surface area contributed by atoms with Gasteiger partial charge in [-0.3, -0.25) is 4.72 Å². The molecule has 194 valence electrons. The Bertz CT molecular complexity index is 1440. The van der Waals surface area contributed by atoms with Crippen LogP contribution in [0.1, 0.15) is 17.5 Å². The van der Waals surface area contributed by atoms with Gasteiger partial charge in [-0.25, -0.2) is 8.42 Å². The van der Waals surface area contributed by atoms with E-state index in [2.05, 4.69) is 4.72 Å². The monoisotopic (exact) mass is 551 g/mol. The number of sulfonamides is 1. The maximum Gasteiger partial charge on any atom is 0.419 e. The number of nitrogens with zero attached hydrogens (tertiary/aromatic N) is 2. The van der Waals surface area contributed by atoms with Crippen molar-refractivity contribution >= 4 is 27.3 Å². The molecule has 0 amide bonds. The number of rotatable bonds is 7. The van der Waals surface area contributed by atoms with Crippen molar-refractivity contribution in [3.8, 4) is 23.3 Å². The molecular weight excluding hydrogens is 531 g/mol. The van der Waals surface area contributed by atoms with Crippen LogP contribution in [0.15, 0.2) is 65.6 Å². The van der Waals surface area contributed by atoms with Crippen LogP contribution in [0, 0.1) is 11.3 Å². The van der Waals surface area contributed by atoms with Gasteiger partial charge in [-0.05, 0) is 62.0 Å². The molecule has 12 heteroatoms. The predicted molar refractivity (Wildman–Crippen MR) is 131 cm³/mol. The highest BCUT2D eigenvalue weighted by Crippen LogP contribution is 2.39. The lowest BCUT2D eigenvalue weighted by atomic mass is 10.1. The molecule has 1 saturated heterocycles. The number of ether oxygens (including phenoxy) is 2. The second kappa shape index (κ2) is 10.5. The van der Waals surface area contributed by atoms with Crippen molar-refractivity contribution in [2.24, 2.45) is 0 Å². The van der Waals surface area contributed by atoms with Gasteiger partial charge in [-0.1, -0.05) is 17.7 Å². The van der Waals surface area contributed by atoms with E-state index in [1.807, 2.05) is 18.0 Å². The summed E-state index contributed by atoms with van der Waals surface area (Å²) < 4.78 is 80.0. The fourth-order valence-corrected chi connectivity index (χ4v) is 5.07. The van der Waals surface area contributed by atoms with Crippen LogP contribution >= 0.6 is 11.6 Å². The maximum absolute atomic E-state index is 13.5. The van der Waals surface area contributed by atoms with Crippen molar-refractivity contribution in [2.75, 3.05) is 24.9 Å². The van der Waals surface area contributed by atoms with Gasteiger partial charge in [0.05, 0.1) is 21.2 Å². The Balaban J connectivity index is 1.54. The fraction of sp³-hybridized carbons (Fsp3) is 0.240. The Morgan fingerprint density at radius 1 is 1.11 bits per heavy atom. The van der Waals surface area contributed by atoms with Crippen LogP contribution in [0.3, 0.4) is 0 Å². The van der Waals surface area contributed by atoms with Crippen LogP contribution in [0.4, 0.5) is 18.9 Å². The summed E-state index contributed by atoms with van der Waals surface area (Å²) in [5.74, 6) is 0.0190. The van der Waals surface area contributed by atoms with Crippen molar-refractivity contribution in [3.05, 3.63) is 76.8 Å². The topological polar surface area (TPSA) is 91.7 Å². The van der Waals surface area contributed by atoms with Crippen molar-refractivity contribution in [1.29, 1.82) is 5.26 Å². The molecular formula is C25H21ClF3N3O4S. The second-order valence-corrected chi connectivity index (χ2v) is 10.5. The smallest absolute Gasteiger partial charge is 0.419 e. The number of likely N-dealkylation sites (tertiary alicyclic amines) is 1. The van der Waals surface area contributed by atoms with Gasteiger partial charge in [-0.15, -0.1) is 0 Å². The molecule has 0 bridgehead atoms. The van der Waals surface area contributed by atoms with Gasteiger partial charge in [0.2, 0.25) is 0 Å². The molecule has 7 nitrogen and oxygen atoms in total. The first kappa shape index (κ1) is 26.6. The van der Waals surface area contributed by atoms with Gasteiger partial charge in [0.1, 0.15) is 35.0 Å². The van der Waals surface area contributed by atoms with E-state index in [0.29, 0.717) is 19.5 Å². The number of benzene rings is 3. The first-order chi connectivity index (χ1) is 17.5. The zero-order valence-corrected chi connectivity index (χ0v) is 21.0. The van der Waals surface area contributed by atoms with Gasteiger partial charge in [-0.2, -0.15) is 18.4 Å². The molecule has 1 aliphatic heterocycles. The fourth-order valence-electron chi connectivity index (χ4n) is 3.81. The highest BCUT2D eigenvalue weighted by Gasteiger charge is 2.36. The molecule has 1 aliphatic rings. The standard InChI is InChI=1S/C25H21ClF3N3O4S/c1-32-12-11-18(15-32)36-24-13-16(5-10-21(24)25(27,28)29)31-37(33,34)19-8-6-17(7-9-19)35-23-4-2-3-22(26)20(23)14-30/h2-10,13,18,31H,11-12,15H2,1H3/t18-/m1/s1. The summed E-state index contributed by atoms with van der Waals surface area (Å²) in [6, 6.07) is 14.8. The molecule has 3 aromatic rings. The van der Waals surface area contributed by atoms with E-state index in [0.717, 1.165) is 18.2 Å². The largest absolute Gasteiger partial charge is 0.488 e. The Labute approximate surface area is 217 Å². The molecule has 3 aromatic carbocycles. The average Bonchev–Trinajstić information content (AvgIpc) is 3.23. The molecule has 4 rings (SSSR count). The maximum atomic E-state index is 13.5. The summed E-state index contributed by atoms with van der Waals surface area (Å²) in [7, 11) is -2.31. The van der Waals surface area contributed by atoms with Gasteiger partial charge in [0.25, 0.3) is 10.0 Å². The minimum Gasteiger partial charge on any atom is -0.488 e. The van der Waals surface area contributed by atoms with Crippen molar-refractivity contribution in [3.63, 3.8) is 0 Å². The van der Waals surface area contributed by atoms with Crippen molar-refractivity contribution < 1.29 is 31.1 Å². The van der Waals surface area contributed by atoms with Gasteiger partial charge in [0.15, 0.2) is 0 Å². The minimum absolute atomic E-state index is 0.0766. The van der Waals surface area contributed by atoms with Crippen molar-refractivity contribution in [2.45, 2.75) is 23.6 Å². The lowest BCUT2D eigenvalue weighted by Gasteiger charge is -2.19. The van der Waals surface area contributed by atoms with E-state index < -0.39 is 33.6 Å². The number of halogens is 4. The lowest BCUT2D eigenvalue weighted by molar-refractivity contribution is -0.139. The second-order valence-electron chi connectivity index (χ2n) is 8.40. The van der Waals surface area contributed by atoms with Gasteiger partial charge < -0.3 is 14.4 Å². The average molecular weight is 552 g/mol. The molecule has 0 aliphatic carbocycles. The Morgan fingerprint density at radius 2 is 1.84 bits per heavy atom. The lowest BCUT2D eigenvalue weighted by Crippen LogP contribution is -2.23. The number of nitrogens with one attached hydrogen (secondary N) is 1. The van der Waals surface area contributed by atoms with Crippen LogP contribution in [-0.2, 0) is 16.2 Å². The molecule has 0 spiro atoms. The van der Waals surface area contributed by atoms with E-state index in [1.54, 1.807) is 12.1 Å². The third-order valence-corrected chi connectivity index (χ3v) is 7.34. The molecule has 1 N–H and O–H groups in total. The summed E-state index contributed by atoms with van der Waals surface area (Å²) in [5, 5.41) is 9.48. The number of anilines is 1. The molecule has 0 radical (unpaired) electrons. The highest BCUT2D eigenvalue weighted by atomic mass is 35.5. The minimum atomic E-state index is -4.67. The van der Waals surface area contributed by atoms with Crippen LogP contribution < -0.4 is 14.2 Å². The summed E-state index contributed by atoms with van der Waals surface area (Å²) in [5.41, 5.74) is -0.927. The quantitative estimate of drug-likeness (QED) is 0.393. The van der Waals surface area contributed by atoms with E-state index >= 15 is 0 Å². The van der Waals surface area contributed by atoms with E-state index in [4.69, 9.17) is 21.1 Å². The summed E-state index contributed by atoms with van der Waals surface area (Å²) in [4.78, 5) is 1.79. The van der Waals surface area contributed by atoms with E-state index in [-0.39, 0.29) is 32.7 Å². The molecule has 0 aromatic heterocycles. The summed E-state index contributed by atoms with van der Waals surface area (Å²) in [6.45, 7) is 1.15. The number of hydrogen-bond donors (Lipinski definition) is 1. The zero-order valence-electron chi connectivity index (χ0n) is 19.4. The molecule has 1 atom stereocenters. The third-order valence-electron chi connectivity index (χ3n) is 5.63. The molecule has 1 heterocycles. The number of hydrogen-bond acceptors (Lipinski definition) is 6. The number of nitriles is 1. The van der Waals surface area contributed by atoms with Crippen LogP contribution in [-0.4, -0.2) is 39.6 Å². The summed E-state index contributed by atoms with van der Waals surface area (Å²) >= 11 is 5.99. The summed E-state index contributed by atoms with van der Waals surface area (Å²) in [6.07, 6.45) is -4.54. The third kappa shape index (κ3) is 6.28. The molecule has 0 saturated carbocycles. The van der Waals surface area contributed by atoms with E-state index in [9.17, 15) is 26.9 Å². The Hall–Kier alpha value is -3.46. The zero-order chi connectivity index (χ0) is 26.8. The molecule has 0 unspecified atom stereocenters. The first-order valence-corrected chi connectivity index (χ1v) is 12.9. The SMILES string of the molecule is CN1CC[C@@H](Oc2cc(NS(=O)(=O)c3ccc(Oc4cccc(Cl)c4C#N)cc3)ccc2C(F)(F)F)C1. The first-order valence-electron chi connectivity index (χ1n) is 11.0. The van der Waals surface area contributed by atoms with Crippen molar-refractivity contribution in [1.82, 2.24) is 4.90 Å². The predicted octanol–water partition coefficient (Wildman–Crippen LogP) is 5.91. The number of alkyl halides is 3. The van der Waals surface area contributed by atoms with E-state index in [1.165, 1.54) is 30.3 Å². The molecule has 1 fully saturated rings. The normalized spacial score (nSPS) is 16.3. The Kier molecular flexibility index (Phi) is 7.54. The van der Waals surface area contributed by atoms with Crippen LogP contribution in [0.25, 0.3) is 0 Å². The van der Waals surface area contributed by atoms with Crippen LogP contribution in [0.2, 0.25) is 5.02 Å². The molecule has 37 heavy (non-hydrogen) atoms. The van der Waals surface area contributed by atoms with Crippen LogP contribution in [0.5, 0.6) is 17.2 Å².